The highest BCUT2D eigenvalue weighted by molar-refractivity contribution is 5.98. The minimum absolute atomic E-state index is 0.0177. The summed E-state index contributed by atoms with van der Waals surface area (Å²) in [6.45, 7) is 8.95. The molecule has 1 aromatic heterocycles. The highest BCUT2D eigenvalue weighted by Gasteiger charge is 2.23. The Labute approximate surface area is 114 Å². The van der Waals surface area contributed by atoms with Gasteiger partial charge in [-0.3, -0.25) is 14.7 Å². The molecule has 1 aliphatic rings. The number of amides is 1. The number of nitrogen functional groups attached to an aromatic ring is 1. The topological polar surface area (TPSA) is 62.5 Å². The van der Waals surface area contributed by atoms with Crippen molar-refractivity contribution in [3.8, 4) is 0 Å². The Morgan fingerprint density at radius 2 is 2.05 bits per heavy atom. The summed E-state index contributed by atoms with van der Waals surface area (Å²) in [6.07, 6.45) is 3.14. The van der Waals surface area contributed by atoms with E-state index in [1.54, 1.807) is 12.3 Å². The van der Waals surface area contributed by atoms with Gasteiger partial charge >= 0.3 is 0 Å². The highest BCUT2D eigenvalue weighted by Crippen LogP contribution is 2.14. The first-order valence-electron chi connectivity index (χ1n) is 6.79. The van der Waals surface area contributed by atoms with Crippen molar-refractivity contribution in [2.75, 3.05) is 38.5 Å². The van der Waals surface area contributed by atoms with E-state index in [2.05, 4.69) is 23.7 Å². The molecule has 1 saturated heterocycles. The van der Waals surface area contributed by atoms with Gasteiger partial charge in [-0.2, -0.15) is 0 Å². The molecule has 1 aromatic rings. The Hall–Kier alpha value is -1.62. The van der Waals surface area contributed by atoms with E-state index in [1.165, 1.54) is 6.20 Å². The Morgan fingerprint density at radius 3 is 2.63 bits per heavy atom. The molecule has 1 aliphatic heterocycles. The molecule has 0 radical (unpaired) electrons. The first-order valence-corrected chi connectivity index (χ1v) is 6.79. The van der Waals surface area contributed by atoms with Crippen LogP contribution >= 0.6 is 0 Å². The van der Waals surface area contributed by atoms with Crippen LogP contribution in [0.15, 0.2) is 18.5 Å². The van der Waals surface area contributed by atoms with Crippen molar-refractivity contribution in [1.29, 1.82) is 0 Å². The van der Waals surface area contributed by atoms with Crippen LogP contribution in [0.3, 0.4) is 0 Å². The van der Waals surface area contributed by atoms with Gasteiger partial charge in [0.1, 0.15) is 0 Å². The van der Waals surface area contributed by atoms with Crippen LogP contribution in [0.5, 0.6) is 0 Å². The Morgan fingerprint density at radius 1 is 1.37 bits per heavy atom. The molecule has 1 fully saturated rings. The van der Waals surface area contributed by atoms with E-state index in [-0.39, 0.29) is 5.91 Å². The van der Waals surface area contributed by atoms with E-state index in [0.29, 0.717) is 17.2 Å². The molecule has 0 spiro atoms. The molecule has 2 rings (SSSR count). The monoisotopic (exact) mass is 262 g/mol. The SMILES string of the molecule is CC(C)CN1CCN(C(=O)c2ccncc2N)CC1. The number of piperazine rings is 1. The molecule has 2 N–H and O–H groups in total. The second-order valence-electron chi connectivity index (χ2n) is 5.45. The van der Waals surface area contributed by atoms with Crippen LogP contribution in [0.2, 0.25) is 0 Å². The molecular formula is C14H22N4O. The van der Waals surface area contributed by atoms with Gasteiger partial charge < -0.3 is 10.6 Å². The average Bonchev–Trinajstić information content (AvgIpc) is 2.39. The van der Waals surface area contributed by atoms with Gasteiger partial charge in [-0.15, -0.1) is 0 Å². The van der Waals surface area contributed by atoms with Crippen molar-refractivity contribution < 1.29 is 4.79 Å². The molecule has 5 heteroatoms. The fraction of sp³-hybridized carbons (Fsp3) is 0.571. The lowest BCUT2D eigenvalue weighted by Crippen LogP contribution is -2.49. The molecule has 0 unspecified atom stereocenters. The van der Waals surface area contributed by atoms with Gasteiger partial charge in [0, 0.05) is 38.9 Å². The third kappa shape index (κ3) is 3.44. The standard InChI is InChI=1S/C14H22N4O/c1-11(2)10-17-5-7-18(8-6-17)14(19)12-3-4-16-9-13(12)15/h3-4,9,11H,5-8,10,15H2,1-2H3. The molecule has 5 nitrogen and oxygen atoms in total. The molecule has 0 bridgehead atoms. The largest absolute Gasteiger partial charge is 0.397 e. The predicted octanol–water partition coefficient (Wildman–Crippen LogP) is 1.08. The van der Waals surface area contributed by atoms with Crippen molar-refractivity contribution in [2.24, 2.45) is 5.92 Å². The number of carbonyl (C=O) groups is 1. The van der Waals surface area contributed by atoms with E-state index in [9.17, 15) is 4.79 Å². The fourth-order valence-corrected chi connectivity index (χ4v) is 2.42. The Bertz CT molecular complexity index is 439. The first kappa shape index (κ1) is 13.8. The Balaban J connectivity index is 1.95. The number of hydrogen-bond donors (Lipinski definition) is 1. The van der Waals surface area contributed by atoms with Gasteiger partial charge in [-0.25, -0.2) is 0 Å². The van der Waals surface area contributed by atoms with Crippen LogP contribution in [-0.2, 0) is 0 Å². The number of aromatic nitrogens is 1. The van der Waals surface area contributed by atoms with E-state index in [1.807, 2.05) is 4.90 Å². The maximum atomic E-state index is 12.3. The second-order valence-corrected chi connectivity index (χ2v) is 5.45. The zero-order valence-electron chi connectivity index (χ0n) is 11.7. The van der Waals surface area contributed by atoms with Crippen LogP contribution in [0.4, 0.5) is 5.69 Å². The van der Waals surface area contributed by atoms with Gasteiger partial charge in [-0.1, -0.05) is 13.8 Å². The van der Waals surface area contributed by atoms with Crippen molar-refractivity contribution in [3.05, 3.63) is 24.0 Å². The van der Waals surface area contributed by atoms with Crippen molar-refractivity contribution in [3.63, 3.8) is 0 Å². The number of hydrogen-bond acceptors (Lipinski definition) is 4. The lowest BCUT2D eigenvalue weighted by atomic mass is 10.1. The van der Waals surface area contributed by atoms with Crippen LogP contribution in [0.1, 0.15) is 24.2 Å². The van der Waals surface area contributed by atoms with Gasteiger partial charge in [-0.05, 0) is 12.0 Å². The van der Waals surface area contributed by atoms with Crippen molar-refractivity contribution in [2.45, 2.75) is 13.8 Å². The second kappa shape index (κ2) is 6.02. The number of anilines is 1. The lowest BCUT2D eigenvalue weighted by molar-refractivity contribution is 0.0624. The zero-order chi connectivity index (χ0) is 13.8. The summed E-state index contributed by atoms with van der Waals surface area (Å²) >= 11 is 0. The maximum Gasteiger partial charge on any atom is 0.256 e. The molecule has 0 atom stereocenters. The third-order valence-corrected chi connectivity index (χ3v) is 3.37. The van der Waals surface area contributed by atoms with Crippen LogP contribution in [0.25, 0.3) is 0 Å². The average molecular weight is 262 g/mol. The van der Waals surface area contributed by atoms with Gasteiger partial charge in [0.25, 0.3) is 5.91 Å². The van der Waals surface area contributed by atoms with E-state index >= 15 is 0 Å². The summed E-state index contributed by atoms with van der Waals surface area (Å²) in [5.41, 5.74) is 6.82. The fourth-order valence-electron chi connectivity index (χ4n) is 2.42. The maximum absolute atomic E-state index is 12.3. The number of nitrogens with zero attached hydrogens (tertiary/aromatic N) is 3. The quantitative estimate of drug-likeness (QED) is 0.885. The highest BCUT2D eigenvalue weighted by atomic mass is 16.2. The van der Waals surface area contributed by atoms with E-state index < -0.39 is 0 Å². The van der Waals surface area contributed by atoms with E-state index in [0.717, 1.165) is 32.7 Å². The number of nitrogens with two attached hydrogens (primary N) is 1. The smallest absolute Gasteiger partial charge is 0.256 e. The number of pyridine rings is 1. The minimum Gasteiger partial charge on any atom is -0.397 e. The molecule has 19 heavy (non-hydrogen) atoms. The zero-order valence-corrected chi connectivity index (χ0v) is 11.7. The van der Waals surface area contributed by atoms with Crippen molar-refractivity contribution >= 4 is 11.6 Å². The molecule has 2 heterocycles. The van der Waals surface area contributed by atoms with Gasteiger partial charge in [0.15, 0.2) is 0 Å². The molecule has 0 aliphatic carbocycles. The summed E-state index contributed by atoms with van der Waals surface area (Å²) < 4.78 is 0. The molecule has 0 saturated carbocycles. The minimum atomic E-state index is 0.0177. The summed E-state index contributed by atoms with van der Waals surface area (Å²) in [5.74, 6) is 0.683. The van der Waals surface area contributed by atoms with Crippen molar-refractivity contribution in [1.82, 2.24) is 14.8 Å². The molecule has 1 amide bonds. The molecular weight excluding hydrogens is 240 g/mol. The first-order chi connectivity index (χ1) is 9.08. The van der Waals surface area contributed by atoms with Crippen LogP contribution in [0, 0.1) is 5.92 Å². The summed E-state index contributed by atoms with van der Waals surface area (Å²) in [7, 11) is 0. The Kier molecular flexibility index (Phi) is 4.37. The number of rotatable bonds is 3. The van der Waals surface area contributed by atoms with E-state index in [4.69, 9.17) is 5.73 Å². The summed E-state index contributed by atoms with van der Waals surface area (Å²) in [4.78, 5) is 20.5. The predicted molar refractivity (Wildman–Crippen MR) is 75.8 cm³/mol. The summed E-state index contributed by atoms with van der Waals surface area (Å²) in [5, 5.41) is 0. The normalized spacial score (nSPS) is 16.9. The number of carbonyl (C=O) groups excluding carboxylic acids is 1. The third-order valence-electron chi connectivity index (χ3n) is 3.37. The molecule has 0 aromatic carbocycles. The van der Waals surface area contributed by atoms with Crippen LogP contribution in [-0.4, -0.2) is 53.4 Å². The summed E-state index contributed by atoms with van der Waals surface area (Å²) in [6, 6.07) is 1.69. The van der Waals surface area contributed by atoms with Crippen LogP contribution < -0.4 is 5.73 Å². The lowest BCUT2D eigenvalue weighted by Gasteiger charge is -2.35. The molecule has 104 valence electrons. The van der Waals surface area contributed by atoms with Gasteiger partial charge in [0.2, 0.25) is 0 Å². The van der Waals surface area contributed by atoms with Gasteiger partial charge in [0.05, 0.1) is 17.4 Å².